The average Bonchev–Trinajstić information content (AvgIpc) is 3.33. The summed E-state index contributed by atoms with van der Waals surface area (Å²) in [5.74, 6) is 0.0846. The molecule has 3 aliphatic rings. The number of fused-ring (bicyclic) bond motifs is 3. The molecule has 2 N–H and O–H groups in total. The number of pyridine rings is 1. The highest BCUT2D eigenvalue weighted by Crippen LogP contribution is 2.44. The Balaban J connectivity index is 1.41. The van der Waals surface area contributed by atoms with Crippen LogP contribution in [0.4, 0.5) is 5.69 Å². The number of nitrogens with one attached hydrogen (secondary N) is 2. The van der Waals surface area contributed by atoms with Crippen LogP contribution in [-0.4, -0.2) is 54.0 Å². The van der Waals surface area contributed by atoms with Crippen molar-refractivity contribution in [1.29, 1.82) is 0 Å². The van der Waals surface area contributed by atoms with Crippen molar-refractivity contribution in [3.63, 3.8) is 0 Å². The fourth-order valence-electron chi connectivity index (χ4n) is 5.68. The van der Waals surface area contributed by atoms with E-state index in [0.29, 0.717) is 0 Å². The zero-order valence-corrected chi connectivity index (χ0v) is 18.1. The van der Waals surface area contributed by atoms with Crippen LogP contribution in [0.1, 0.15) is 48.0 Å². The fourth-order valence-corrected chi connectivity index (χ4v) is 5.68. The van der Waals surface area contributed by atoms with Crippen LogP contribution in [0.15, 0.2) is 36.7 Å². The van der Waals surface area contributed by atoms with Crippen molar-refractivity contribution in [2.75, 3.05) is 38.1 Å². The van der Waals surface area contributed by atoms with Crippen LogP contribution in [0.2, 0.25) is 0 Å². The number of H-pyrrole nitrogens is 1. The van der Waals surface area contributed by atoms with Crippen LogP contribution in [-0.2, 0) is 5.54 Å². The van der Waals surface area contributed by atoms with E-state index in [2.05, 4.69) is 51.5 Å². The number of aromatic nitrogens is 2. The highest BCUT2D eigenvalue weighted by atomic mass is 16.2. The van der Waals surface area contributed by atoms with E-state index >= 15 is 0 Å². The van der Waals surface area contributed by atoms with Crippen LogP contribution in [0.25, 0.3) is 22.2 Å². The number of benzene rings is 1. The van der Waals surface area contributed by atoms with Crippen molar-refractivity contribution < 1.29 is 4.79 Å². The van der Waals surface area contributed by atoms with Crippen molar-refractivity contribution in [1.82, 2.24) is 20.2 Å². The van der Waals surface area contributed by atoms with Gasteiger partial charge in [-0.15, -0.1) is 0 Å². The predicted octanol–water partition coefficient (Wildman–Crippen LogP) is 3.88. The minimum absolute atomic E-state index is 0.0846. The molecule has 1 spiro atoms. The summed E-state index contributed by atoms with van der Waals surface area (Å²) in [7, 11) is 2.18. The van der Waals surface area contributed by atoms with E-state index in [1.54, 1.807) is 0 Å². The van der Waals surface area contributed by atoms with Crippen molar-refractivity contribution in [3.8, 4) is 11.1 Å². The maximum Gasteiger partial charge on any atom is 0.252 e. The molecule has 1 aromatic carbocycles. The van der Waals surface area contributed by atoms with Crippen LogP contribution < -0.4 is 10.2 Å². The van der Waals surface area contributed by atoms with Gasteiger partial charge < -0.3 is 20.1 Å². The first kappa shape index (κ1) is 18.9. The second-order valence-electron chi connectivity index (χ2n) is 9.44. The van der Waals surface area contributed by atoms with Gasteiger partial charge in [-0.3, -0.25) is 4.79 Å². The third kappa shape index (κ3) is 3.04. The Kier molecular flexibility index (Phi) is 4.32. The first-order chi connectivity index (χ1) is 15.1. The van der Waals surface area contributed by atoms with Gasteiger partial charge in [-0.2, -0.15) is 0 Å². The zero-order valence-electron chi connectivity index (χ0n) is 18.1. The van der Waals surface area contributed by atoms with Crippen LogP contribution >= 0.6 is 0 Å². The number of aromatic amines is 1. The van der Waals surface area contributed by atoms with Crippen molar-refractivity contribution in [2.45, 2.75) is 37.6 Å². The third-order valence-corrected chi connectivity index (χ3v) is 7.54. The molecule has 0 radical (unpaired) electrons. The Morgan fingerprint density at radius 3 is 2.61 bits per heavy atom. The standard InChI is InChI=1S/C25H29N5O/c1-29-9-11-30(12-10-29)18-14-20-21(16-27-23(20)26-15-18)17-5-6-19-22(13-17)25(28-24(19)31)7-3-2-4-8-25/h5-6,13-16H,2-4,7-12H2,1H3,(H,26,27)(H,28,31). The molecule has 31 heavy (non-hydrogen) atoms. The van der Waals surface area contributed by atoms with E-state index in [-0.39, 0.29) is 11.4 Å². The summed E-state index contributed by atoms with van der Waals surface area (Å²) in [6.45, 7) is 4.20. The molecule has 3 aromatic rings. The largest absolute Gasteiger partial charge is 0.368 e. The maximum atomic E-state index is 12.7. The molecule has 0 atom stereocenters. The lowest BCUT2D eigenvalue weighted by Gasteiger charge is -2.34. The van der Waals surface area contributed by atoms with Gasteiger partial charge in [0.25, 0.3) is 5.91 Å². The van der Waals surface area contributed by atoms with Gasteiger partial charge in [0.05, 0.1) is 17.4 Å². The molecular weight excluding hydrogens is 386 g/mol. The highest BCUT2D eigenvalue weighted by molar-refractivity contribution is 6.02. The Morgan fingerprint density at radius 2 is 1.81 bits per heavy atom. The molecule has 6 heteroatoms. The smallest absolute Gasteiger partial charge is 0.252 e. The number of rotatable bonds is 2. The summed E-state index contributed by atoms with van der Waals surface area (Å²) < 4.78 is 0. The fraction of sp³-hybridized carbons (Fsp3) is 0.440. The molecule has 2 aliphatic heterocycles. The lowest BCUT2D eigenvalue weighted by Crippen LogP contribution is -2.44. The van der Waals surface area contributed by atoms with E-state index in [9.17, 15) is 4.79 Å². The van der Waals surface area contributed by atoms with Crippen LogP contribution in [0.3, 0.4) is 0 Å². The molecular formula is C25H29N5O. The number of hydrogen-bond acceptors (Lipinski definition) is 4. The number of anilines is 1. The second kappa shape index (κ2) is 7.09. The molecule has 6 rings (SSSR count). The number of hydrogen-bond donors (Lipinski definition) is 2. The summed E-state index contributed by atoms with van der Waals surface area (Å²) in [4.78, 5) is 25.5. The van der Waals surface area contributed by atoms with Crippen molar-refractivity contribution in [3.05, 3.63) is 47.8 Å². The number of likely N-dealkylation sites (N-methyl/N-ethyl adjacent to an activating group) is 1. The lowest BCUT2D eigenvalue weighted by molar-refractivity contribution is 0.0909. The Hall–Kier alpha value is -2.86. The van der Waals surface area contributed by atoms with Gasteiger partial charge in [0.2, 0.25) is 0 Å². The average molecular weight is 416 g/mol. The number of nitrogens with zero attached hydrogens (tertiary/aromatic N) is 3. The normalized spacial score (nSPS) is 20.9. The van der Waals surface area contributed by atoms with E-state index in [1.165, 1.54) is 30.5 Å². The third-order valence-electron chi connectivity index (χ3n) is 7.54. The molecule has 4 heterocycles. The highest BCUT2D eigenvalue weighted by Gasteiger charge is 2.43. The summed E-state index contributed by atoms with van der Waals surface area (Å²) in [6.07, 6.45) is 9.73. The van der Waals surface area contributed by atoms with Gasteiger partial charge in [0.15, 0.2) is 0 Å². The van der Waals surface area contributed by atoms with Gasteiger partial charge in [0, 0.05) is 48.9 Å². The molecule has 160 valence electrons. The topological polar surface area (TPSA) is 64.3 Å². The van der Waals surface area contributed by atoms with Gasteiger partial charge in [-0.05, 0) is 49.2 Å². The second-order valence-corrected chi connectivity index (χ2v) is 9.44. The van der Waals surface area contributed by atoms with E-state index in [0.717, 1.165) is 66.7 Å². The molecule has 0 unspecified atom stereocenters. The molecule has 6 nitrogen and oxygen atoms in total. The molecule has 1 saturated heterocycles. The molecule has 1 saturated carbocycles. The first-order valence-corrected chi connectivity index (χ1v) is 11.5. The van der Waals surface area contributed by atoms with E-state index in [4.69, 9.17) is 4.98 Å². The van der Waals surface area contributed by atoms with Gasteiger partial charge in [-0.1, -0.05) is 25.3 Å². The summed E-state index contributed by atoms with van der Waals surface area (Å²) in [5, 5.41) is 4.48. The Labute approximate surface area is 182 Å². The predicted molar refractivity (Wildman–Crippen MR) is 123 cm³/mol. The summed E-state index contributed by atoms with van der Waals surface area (Å²) >= 11 is 0. The van der Waals surface area contributed by atoms with Gasteiger partial charge in [-0.25, -0.2) is 4.98 Å². The summed E-state index contributed by atoms with van der Waals surface area (Å²) in [6, 6.07) is 8.63. The van der Waals surface area contributed by atoms with Crippen LogP contribution in [0.5, 0.6) is 0 Å². The number of carbonyl (C=O) groups excluding carboxylic acids is 1. The first-order valence-electron chi connectivity index (χ1n) is 11.5. The summed E-state index contributed by atoms with van der Waals surface area (Å²) in [5.41, 5.74) is 6.28. The zero-order chi connectivity index (χ0) is 21.0. The minimum atomic E-state index is -0.171. The quantitative estimate of drug-likeness (QED) is 0.667. The van der Waals surface area contributed by atoms with Crippen LogP contribution in [0, 0.1) is 0 Å². The molecule has 2 aromatic heterocycles. The molecule has 2 fully saturated rings. The minimum Gasteiger partial charge on any atom is -0.368 e. The lowest BCUT2D eigenvalue weighted by atomic mass is 9.77. The Bertz CT molecular complexity index is 1150. The van der Waals surface area contributed by atoms with Gasteiger partial charge in [0.1, 0.15) is 5.65 Å². The SMILES string of the molecule is CN1CCN(c2cnc3[nH]cc(-c4ccc5c(c4)C4(CCCCC4)NC5=O)c3c2)CC1. The van der Waals surface area contributed by atoms with Gasteiger partial charge >= 0.3 is 0 Å². The Morgan fingerprint density at radius 1 is 1.00 bits per heavy atom. The number of carbonyl (C=O) groups is 1. The number of piperazine rings is 1. The molecule has 1 amide bonds. The monoisotopic (exact) mass is 415 g/mol. The molecule has 0 bridgehead atoms. The van der Waals surface area contributed by atoms with E-state index < -0.39 is 0 Å². The van der Waals surface area contributed by atoms with Crippen molar-refractivity contribution in [2.24, 2.45) is 0 Å². The maximum absolute atomic E-state index is 12.7. The molecule has 1 aliphatic carbocycles. The number of amides is 1. The van der Waals surface area contributed by atoms with Crippen molar-refractivity contribution >= 4 is 22.6 Å². The van der Waals surface area contributed by atoms with E-state index in [1.807, 2.05) is 12.3 Å².